The van der Waals surface area contributed by atoms with E-state index < -0.39 is 0 Å². The maximum absolute atomic E-state index is 13.4. The Hall–Kier alpha value is -2.83. The minimum atomic E-state index is -0.0233. The van der Waals surface area contributed by atoms with Gasteiger partial charge in [0.2, 0.25) is 11.9 Å². The van der Waals surface area contributed by atoms with Gasteiger partial charge in [-0.3, -0.25) is 4.79 Å². The van der Waals surface area contributed by atoms with E-state index in [0.717, 1.165) is 61.0 Å². The molecule has 0 spiro atoms. The number of benzene rings is 1. The normalized spacial score (nSPS) is 18.7. The van der Waals surface area contributed by atoms with Crippen LogP contribution < -0.4 is 14.4 Å². The lowest BCUT2D eigenvalue weighted by Crippen LogP contribution is -2.46. The Morgan fingerprint density at radius 3 is 2.33 bits per heavy atom. The first-order chi connectivity index (χ1) is 14.5. The number of piperidine rings is 1. The molecule has 1 amide bonds. The number of carbonyl (C=O) groups is 1. The number of amides is 1. The van der Waals surface area contributed by atoms with Crippen LogP contribution in [-0.4, -0.2) is 54.6 Å². The van der Waals surface area contributed by atoms with E-state index >= 15 is 0 Å². The number of anilines is 1. The maximum atomic E-state index is 13.4. The first-order valence-electron chi connectivity index (χ1n) is 10.6. The Morgan fingerprint density at radius 2 is 1.67 bits per heavy atom. The van der Waals surface area contributed by atoms with E-state index in [9.17, 15) is 4.79 Å². The zero-order valence-corrected chi connectivity index (χ0v) is 18.3. The molecule has 7 heteroatoms. The summed E-state index contributed by atoms with van der Waals surface area (Å²) in [5, 5.41) is 0. The van der Waals surface area contributed by atoms with Crippen molar-refractivity contribution in [2.24, 2.45) is 5.92 Å². The Labute approximate surface area is 178 Å². The summed E-state index contributed by atoms with van der Waals surface area (Å²) < 4.78 is 10.9. The number of aromatic nitrogens is 2. The minimum Gasteiger partial charge on any atom is -0.493 e. The number of ether oxygens (including phenoxy) is 2. The van der Waals surface area contributed by atoms with Crippen molar-refractivity contribution in [3.05, 3.63) is 40.7 Å². The molecular weight excluding hydrogens is 380 g/mol. The monoisotopic (exact) mass is 410 g/mol. The molecule has 0 bridgehead atoms. The minimum absolute atomic E-state index is 0.0233. The Bertz CT molecular complexity index is 926. The lowest BCUT2D eigenvalue weighted by atomic mass is 9.93. The van der Waals surface area contributed by atoms with Gasteiger partial charge in [0.05, 0.1) is 20.1 Å². The van der Waals surface area contributed by atoms with E-state index in [2.05, 4.69) is 14.9 Å². The summed E-state index contributed by atoms with van der Waals surface area (Å²) in [6.45, 7) is 6.89. The number of methoxy groups -OCH3 is 2. The van der Waals surface area contributed by atoms with E-state index in [1.54, 1.807) is 14.2 Å². The van der Waals surface area contributed by atoms with E-state index in [-0.39, 0.29) is 11.8 Å². The quantitative estimate of drug-likeness (QED) is 0.772. The molecule has 2 aromatic rings. The van der Waals surface area contributed by atoms with Crippen LogP contribution in [0.4, 0.5) is 5.95 Å². The van der Waals surface area contributed by atoms with Gasteiger partial charge in [-0.25, -0.2) is 9.97 Å². The topological polar surface area (TPSA) is 67.8 Å². The summed E-state index contributed by atoms with van der Waals surface area (Å²) in [6.07, 6.45) is 2.72. The zero-order valence-electron chi connectivity index (χ0n) is 18.3. The molecule has 1 saturated heterocycles. The van der Waals surface area contributed by atoms with Crippen LogP contribution in [0.15, 0.2) is 18.2 Å². The predicted octanol–water partition coefficient (Wildman–Crippen LogP) is 2.91. The van der Waals surface area contributed by atoms with Crippen molar-refractivity contribution in [2.45, 2.75) is 39.7 Å². The third-order valence-electron chi connectivity index (χ3n) is 6.05. The fourth-order valence-electron chi connectivity index (χ4n) is 4.54. The largest absolute Gasteiger partial charge is 0.493 e. The average Bonchev–Trinajstić information content (AvgIpc) is 2.76. The van der Waals surface area contributed by atoms with Crippen molar-refractivity contribution in [1.82, 2.24) is 14.9 Å². The molecule has 1 aromatic carbocycles. The van der Waals surface area contributed by atoms with Gasteiger partial charge in [-0.05, 0) is 62.4 Å². The number of hydrogen-bond donors (Lipinski definition) is 0. The van der Waals surface area contributed by atoms with Crippen molar-refractivity contribution in [3.63, 3.8) is 0 Å². The molecule has 0 saturated carbocycles. The van der Waals surface area contributed by atoms with Gasteiger partial charge in [0.1, 0.15) is 0 Å². The second-order valence-electron chi connectivity index (χ2n) is 8.22. The molecule has 2 aliphatic rings. The fraction of sp³-hybridized carbons (Fsp3) is 0.522. The van der Waals surface area contributed by atoms with Gasteiger partial charge < -0.3 is 19.3 Å². The number of hydrogen-bond acceptors (Lipinski definition) is 6. The van der Waals surface area contributed by atoms with Crippen molar-refractivity contribution in [1.29, 1.82) is 0 Å². The lowest BCUT2D eigenvalue weighted by molar-refractivity contribution is -0.136. The first kappa shape index (κ1) is 20.4. The van der Waals surface area contributed by atoms with Gasteiger partial charge in [0.15, 0.2) is 11.5 Å². The van der Waals surface area contributed by atoms with Crippen LogP contribution in [0, 0.1) is 19.8 Å². The van der Waals surface area contributed by atoms with Gasteiger partial charge in [-0.1, -0.05) is 0 Å². The Morgan fingerprint density at radius 1 is 1.00 bits per heavy atom. The van der Waals surface area contributed by atoms with Gasteiger partial charge in [0, 0.05) is 37.6 Å². The molecule has 160 valence electrons. The fourth-order valence-corrected chi connectivity index (χ4v) is 4.54. The molecule has 1 atom stereocenters. The van der Waals surface area contributed by atoms with Crippen molar-refractivity contribution >= 4 is 11.9 Å². The molecule has 3 heterocycles. The summed E-state index contributed by atoms with van der Waals surface area (Å²) in [6, 6.07) is 6.02. The third kappa shape index (κ3) is 4.06. The molecule has 1 fully saturated rings. The number of nitrogens with zero attached hydrogens (tertiary/aromatic N) is 4. The van der Waals surface area contributed by atoms with Gasteiger partial charge in [0.25, 0.3) is 0 Å². The van der Waals surface area contributed by atoms with Crippen molar-refractivity contribution in [3.8, 4) is 11.5 Å². The number of fused-ring (bicyclic) bond motifs is 1. The highest BCUT2D eigenvalue weighted by atomic mass is 16.5. The maximum Gasteiger partial charge on any atom is 0.227 e. The van der Waals surface area contributed by atoms with E-state index in [1.165, 1.54) is 5.56 Å². The highest BCUT2D eigenvalue weighted by Gasteiger charge is 2.32. The van der Waals surface area contributed by atoms with E-state index in [1.807, 2.05) is 36.9 Å². The highest BCUT2D eigenvalue weighted by molar-refractivity contribution is 5.80. The van der Waals surface area contributed by atoms with Crippen molar-refractivity contribution in [2.75, 3.05) is 38.8 Å². The number of aryl methyl sites for hydroxylation is 2. The van der Waals surface area contributed by atoms with Crippen LogP contribution in [0.3, 0.4) is 0 Å². The van der Waals surface area contributed by atoms with Crippen LogP contribution in [0.25, 0.3) is 0 Å². The lowest BCUT2D eigenvalue weighted by Gasteiger charge is -2.37. The van der Waals surface area contributed by atoms with Crippen LogP contribution in [0.1, 0.15) is 35.4 Å². The van der Waals surface area contributed by atoms with Crippen LogP contribution >= 0.6 is 0 Å². The van der Waals surface area contributed by atoms with Crippen LogP contribution in [0.2, 0.25) is 0 Å². The SMILES string of the molecule is COc1cc2c(cc1OC)CN(C(=O)[C@@H]1CCCN(c3nc(C)cc(C)n3)C1)CC2. The van der Waals surface area contributed by atoms with E-state index in [4.69, 9.17) is 9.47 Å². The van der Waals surface area contributed by atoms with Crippen molar-refractivity contribution < 1.29 is 14.3 Å². The molecule has 7 nitrogen and oxygen atoms in total. The van der Waals surface area contributed by atoms with Gasteiger partial charge in [-0.2, -0.15) is 0 Å². The summed E-state index contributed by atoms with van der Waals surface area (Å²) >= 11 is 0. The zero-order chi connectivity index (χ0) is 21.3. The second-order valence-corrected chi connectivity index (χ2v) is 8.22. The molecule has 4 rings (SSSR count). The molecule has 1 aromatic heterocycles. The molecule has 0 aliphatic carbocycles. The predicted molar refractivity (Wildman–Crippen MR) is 115 cm³/mol. The van der Waals surface area contributed by atoms with Gasteiger partial charge in [-0.15, -0.1) is 0 Å². The summed E-state index contributed by atoms with van der Waals surface area (Å²) in [5.74, 6) is 2.40. The summed E-state index contributed by atoms with van der Waals surface area (Å²) in [7, 11) is 3.29. The number of carbonyl (C=O) groups excluding carboxylic acids is 1. The van der Waals surface area contributed by atoms with Gasteiger partial charge >= 0.3 is 0 Å². The Balaban J connectivity index is 1.48. The highest BCUT2D eigenvalue weighted by Crippen LogP contribution is 2.34. The molecule has 30 heavy (non-hydrogen) atoms. The average molecular weight is 411 g/mol. The second kappa shape index (κ2) is 8.50. The number of rotatable bonds is 4. The molecule has 0 unspecified atom stereocenters. The molecule has 2 aliphatic heterocycles. The Kier molecular flexibility index (Phi) is 5.79. The summed E-state index contributed by atoms with van der Waals surface area (Å²) in [5.41, 5.74) is 4.29. The standard InChI is InChI=1S/C23H30N4O3/c1-15-10-16(2)25-23(24-15)27-8-5-6-18(13-27)22(28)26-9-7-17-11-20(29-3)21(30-4)12-19(17)14-26/h10-12,18H,5-9,13-14H2,1-4H3/t18-/m1/s1. The van der Waals surface area contributed by atoms with Crippen LogP contribution in [0.5, 0.6) is 11.5 Å². The first-order valence-corrected chi connectivity index (χ1v) is 10.6. The van der Waals surface area contributed by atoms with E-state index in [0.29, 0.717) is 18.8 Å². The molecule has 0 N–H and O–H groups in total. The molecular formula is C23H30N4O3. The third-order valence-corrected chi connectivity index (χ3v) is 6.05. The molecule has 0 radical (unpaired) electrons. The van der Waals surface area contributed by atoms with Crippen LogP contribution in [-0.2, 0) is 17.8 Å². The smallest absolute Gasteiger partial charge is 0.227 e. The summed E-state index contributed by atoms with van der Waals surface area (Å²) in [4.78, 5) is 26.7.